The van der Waals surface area contributed by atoms with E-state index in [4.69, 9.17) is 9.47 Å². The highest BCUT2D eigenvalue weighted by Gasteiger charge is 2.44. The zero-order chi connectivity index (χ0) is 26.7. The monoisotopic (exact) mass is 539 g/mol. The van der Waals surface area contributed by atoms with Gasteiger partial charge in [-0.15, -0.1) is 13.2 Å². The van der Waals surface area contributed by atoms with Crippen LogP contribution in [0.2, 0.25) is 0 Å². The van der Waals surface area contributed by atoms with E-state index in [0.717, 1.165) is 31.4 Å². The third-order valence-electron chi connectivity index (χ3n) is 6.80. The van der Waals surface area contributed by atoms with Gasteiger partial charge in [-0.05, 0) is 38.7 Å². The molecule has 0 spiro atoms. The quantitative estimate of drug-likeness (QED) is 0.364. The van der Waals surface area contributed by atoms with E-state index in [-0.39, 0.29) is 29.6 Å². The summed E-state index contributed by atoms with van der Waals surface area (Å²) in [4.78, 5) is 16.7. The molecule has 204 valence electrons. The number of aromatic nitrogens is 5. The number of H-pyrrole nitrogens is 1. The Morgan fingerprint density at radius 3 is 2.82 bits per heavy atom. The molecular formula is C23H25F4N7O4. The van der Waals surface area contributed by atoms with E-state index < -0.39 is 37.4 Å². The van der Waals surface area contributed by atoms with Gasteiger partial charge in [0.15, 0.2) is 23.9 Å². The fourth-order valence-electron chi connectivity index (χ4n) is 4.29. The predicted molar refractivity (Wildman–Crippen MR) is 122 cm³/mol. The molecule has 0 aromatic carbocycles. The van der Waals surface area contributed by atoms with Crippen molar-refractivity contribution in [3.05, 3.63) is 35.4 Å². The summed E-state index contributed by atoms with van der Waals surface area (Å²) in [6.07, 6.45) is -3.88. The molecule has 38 heavy (non-hydrogen) atoms. The van der Waals surface area contributed by atoms with Crippen molar-refractivity contribution in [1.29, 1.82) is 0 Å². The number of halogens is 4. The van der Waals surface area contributed by atoms with Gasteiger partial charge < -0.3 is 20.1 Å². The lowest BCUT2D eigenvalue weighted by molar-refractivity contribution is -0.330. The second-order valence-electron chi connectivity index (χ2n) is 10.1. The van der Waals surface area contributed by atoms with Gasteiger partial charge in [0.25, 0.3) is 0 Å². The number of ether oxygens (including phenoxy) is 3. The fraction of sp³-hybridized carbons (Fsp3) is 0.565. The number of carbonyl (C=O) groups excluding carboxylic acids is 1. The van der Waals surface area contributed by atoms with Crippen molar-refractivity contribution in [2.45, 2.75) is 75.4 Å². The van der Waals surface area contributed by atoms with Gasteiger partial charge in [-0.1, -0.05) is 0 Å². The SMILES string of the molecule is CC1(NC(=O)O[C@H]2CO[C@@H](c3cc(Nc4nc(C5CC5)cn5nc(COC(F)(F)F)cc45)n[nH]3)[C@@H]2F)CC1. The second kappa shape index (κ2) is 9.08. The van der Waals surface area contributed by atoms with Gasteiger partial charge >= 0.3 is 12.5 Å². The smallest absolute Gasteiger partial charge is 0.441 e. The van der Waals surface area contributed by atoms with Crippen LogP contribution in [0.15, 0.2) is 18.3 Å². The maximum absolute atomic E-state index is 15.1. The Morgan fingerprint density at radius 2 is 2.11 bits per heavy atom. The van der Waals surface area contributed by atoms with Gasteiger partial charge in [-0.3, -0.25) is 9.84 Å². The summed E-state index contributed by atoms with van der Waals surface area (Å²) in [6.45, 7) is 1.04. The highest BCUT2D eigenvalue weighted by atomic mass is 19.4. The summed E-state index contributed by atoms with van der Waals surface area (Å²) in [5.74, 6) is 0.856. The molecular weight excluding hydrogens is 514 g/mol. The van der Waals surface area contributed by atoms with Crippen molar-refractivity contribution in [1.82, 2.24) is 30.1 Å². The zero-order valence-corrected chi connectivity index (χ0v) is 20.2. The topological polar surface area (TPSA) is 128 Å². The van der Waals surface area contributed by atoms with Crippen LogP contribution in [0.3, 0.4) is 0 Å². The molecule has 3 aliphatic rings. The normalized spacial score (nSPS) is 24.5. The van der Waals surface area contributed by atoms with E-state index in [9.17, 15) is 18.0 Å². The first-order chi connectivity index (χ1) is 18.1. The van der Waals surface area contributed by atoms with Crippen molar-refractivity contribution in [3.63, 3.8) is 0 Å². The summed E-state index contributed by atoms with van der Waals surface area (Å²) in [7, 11) is 0. The van der Waals surface area contributed by atoms with E-state index in [1.807, 2.05) is 6.92 Å². The molecule has 0 bridgehead atoms. The summed E-state index contributed by atoms with van der Waals surface area (Å²) in [5.41, 5.74) is 1.27. The summed E-state index contributed by atoms with van der Waals surface area (Å²) < 4.78 is 68.7. The largest absolute Gasteiger partial charge is 0.522 e. The van der Waals surface area contributed by atoms with Crippen LogP contribution in [0.1, 0.15) is 61.7 Å². The third-order valence-corrected chi connectivity index (χ3v) is 6.80. The number of hydrogen-bond acceptors (Lipinski definition) is 8. The molecule has 2 aliphatic carbocycles. The van der Waals surface area contributed by atoms with E-state index >= 15 is 4.39 Å². The molecule has 11 nitrogen and oxygen atoms in total. The van der Waals surface area contributed by atoms with Gasteiger partial charge in [-0.2, -0.15) is 10.2 Å². The molecule has 3 aromatic heterocycles. The Hall–Kier alpha value is -3.46. The Labute approximate surface area is 213 Å². The fourth-order valence-corrected chi connectivity index (χ4v) is 4.29. The van der Waals surface area contributed by atoms with Crippen LogP contribution >= 0.6 is 0 Å². The minimum absolute atomic E-state index is 0.0771. The first kappa shape index (κ1) is 24.9. The number of aromatic amines is 1. The van der Waals surface area contributed by atoms with Gasteiger partial charge in [0.1, 0.15) is 18.2 Å². The van der Waals surface area contributed by atoms with Crippen LogP contribution in [0.25, 0.3) is 5.52 Å². The number of alkyl carbamates (subject to hydrolysis) is 1. The Morgan fingerprint density at radius 1 is 1.32 bits per heavy atom. The summed E-state index contributed by atoms with van der Waals surface area (Å²) in [5, 5.41) is 16.8. The molecule has 6 rings (SSSR count). The van der Waals surface area contributed by atoms with E-state index in [0.29, 0.717) is 17.0 Å². The van der Waals surface area contributed by atoms with Gasteiger partial charge in [0.2, 0.25) is 0 Å². The molecule has 0 unspecified atom stereocenters. The van der Waals surface area contributed by atoms with Crippen LogP contribution in [0.5, 0.6) is 0 Å². The molecule has 4 heterocycles. The minimum Gasteiger partial charge on any atom is -0.441 e. The minimum atomic E-state index is -4.78. The molecule has 3 aromatic rings. The van der Waals surface area contributed by atoms with Gasteiger partial charge in [-0.25, -0.2) is 18.7 Å². The lowest BCUT2D eigenvalue weighted by Gasteiger charge is -2.17. The number of rotatable bonds is 8. The molecule has 15 heteroatoms. The van der Waals surface area contributed by atoms with Crippen molar-refractivity contribution in [3.8, 4) is 0 Å². The maximum Gasteiger partial charge on any atom is 0.522 e. The van der Waals surface area contributed by atoms with Crippen LogP contribution < -0.4 is 10.6 Å². The molecule has 2 saturated carbocycles. The van der Waals surface area contributed by atoms with E-state index in [2.05, 4.69) is 35.7 Å². The Balaban J connectivity index is 1.16. The van der Waals surface area contributed by atoms with Crippen molar-refractivity contribution < 1.29 is 36.6 Å². The van der Waals surface area contributed by atoms with E-state index in [1.165, 1.54) is 16.6 Å². The summed E-state index contributed by atoms with van der Waals surface area (Å²) in [6, 6.07) is 2.98. The average molecular weight is 539 g/mol. The van der Waals surface area contributed by atoms with Gasteiger partial charge in [0, 0.05) is 17.5 Å². The van der Waals surface area contributed by atoms with Crippen molar-refractivity contribution in [2.75, 3.05) is 11.9 Å². The van der Waals surface area contributed by atoms with Crippen LogP contribution in [-0.2, 0) is 20.8 Å². The maximum atomic E-state index is 15.1. The molecule has 3 atom stereocenters. The average Bonchev–Trinajstić information content (AvgIpc) is 3.68. The van der Waals surface area contributed by atoms with Crippen LogP contribution in [0.4, 0.5) is 34.0 Å². The number of fused-ring (bicyclic) bond motifs is 1. The second-order valence-corrected chi connectivity index (χ2v) is 10.1. The summed E-state index contributed by atoms with van der Waals surface area (Å²) >= 11 is 0. The molecule has 1 aliphatic heterocycles. The molecule has 1 saturated heterocycles. The molecule has 1 amide bonds. The Bertz CT molecular complexity index is 1350. The molecule has 0 radical (unpaired) electrons. The van der Waals surface area contributed by atoms with Crippen molar-refractivity contribution in [2.24, 2.45) is 0 Å². The first-order valence-electron chi connectivity index (χ1n) is 12.2. The lowest BCUT2D eigenvalue weighted by Crippen LogP contribution is -2.39. The predicted octanol–water partition coefficient (Wildman–Crippen LogP) is 4.17. The number of nitrogens with zero attached hydrogens (tertiary/aromatic N) is 4. The zero-order valence-electron chi connectivity index (χ0n) is 20.2. The lowest BCUT2D eigenvalue weighted by atomic mass is 10.1. The number of alkyl halides is 4. The number of nitrogens with one attached hydrogen (secondary N) is 3. The number of hydrogen-bond donors (Lipinski definition) is 3. The van der Waals surface area contributed by atoms with Gasteiger partial charge in [0.05, 0.1) is 29.9 Å². The van der Waals surface area contributed by atoms with Crippen molar-refractivity contribution >= 4 is 23.2 Å². The van der Waals surface area contributed by atoms with Crippen LogP contribution in [-0.4, -0.2) is 61.7 Å². The molecule has 3 fully saturated rings. The number of carbonyl (C=O) groups is 1. The first-order valence-corrected chi connectivity index (χ1v) is 12.2. The Kier molecular flexibility index (Phi) is 5.94. The third kappa shape index (κ3) is 5.38. The highest BCUT2D eigenvalue weighted by Crippen LogP contribution is 2.40. The van der Waals surface area contributed by atoms with Crippen LogP contribution in [0, 0.1) is 0 Å². The standard InChI is InChI=1S/C23H25F4N7O4/c1-22(4-5-22)30-21(35)38-16-10-36-19(18(16)24)13-7-17(32-31-13)29-20-15-6-12(9-37-23(25,26)27)33-34(15)8-14(28-20)11-2-3-11/h6-8,11,16,18-19H,2-5,9-10H2,1H3,(H,30,35)(H2,28,29,31,32)/t16-,18+,19-/m0/s1. The number of anilines is 2. The van der Waals surface area contributed by atoms with E-state index in [1.54, 1.807) is 6.20 Å². The highest BCUT2D eigenvalue weighted by molar-refractivity contribution is 5.73. The molecule has 3 N–H and O–H groups in total. The number of amides is 1.